The first-order valence-electron chi connectivity index (χ1n) is 7.19. The average Bonchev–Trinajstić information content (AvgIpc) is 3.06. The Balaban J connectivity index is 1.79. The number of hydrogen-bond acceptors (Lipinski definition) is 5. The van der Waals surface area contributed by atoms with E-state index in [-0.39, 0.29) is 5.54 Å². The molecule has 2 heterocycles. The molecule has 0 bridgehead atoms. The molecule has 0 saturated heterocycles. The summed E-state index contributed by atoms with van der Waals surface area (Å²) in [4.78, 5) is 6.93. The zero-order chi connectivity index (χ0) is 14.2. The molecule has 20 heavy (non-hydrogen) atoms. The van der Waals surface area contributed by atoms with Gasteiger partial charge in [-0.05, 0) is 33.9 Å². The zero-order valence-corrected chi connectivity index (χ0v) is 12.4. The maximum absolute atomic E-state index is 4.58. The fourth-order valence-corrected chi connectivity index (χ4v) is 3.14. The van der Waals surface area contributed by atoms with Gasteiger partial charge in [0.05, 0.1) is 0 Å². The number of aryl methyl sites for hydroxylation is 1. The van der Waals surface area contributed by atoms with Crippen LogP contribution in [0.15, 0.2) is 12.4 Å². The van der Waals surface area contributed by atoms with Gasteiger partial charge >= 0.3 is 0 Å². The van der Waals surface area contributed by atoms with Gasteiger partial charge in [0.25, 0.3) is 0 Å². The van der Waals surface area contributed by atoms with Crippen LogP contribution >= 0.6 is 0 Å². The van der Waals surface area contributed by atoms with Gasteiger partial charge < -0.3 is 10.2 Å². The minimum atomic E-state index is 0.259. The molecule has 3 rings (SSSR count). The van der Waals surface area contributed by atoms with E-state index in [9.17, 15) is 0 Å². The van der Waals surface area contributed by atoms with Crippen LogP contribution in [0.4, 0.5) is 5.82 Å². The van der Waals surface area contributed by atoms with E-state index in [4.69, 9.17) is 0 Å². The Kier molecular flexibility index (Phi) is 3.33. The van der Waals surface area contributed by atoms with Gasteiger partial charge in [0.15, 0.2) is 5.65 Å². The summed E-state index contributed by atoms with van der Waals surface area (Å²) in [5.41, 5.74) is 1.10. The van der Waals surface area contributed by atoms with Crippen molar-refractivity contribution in [3.8, 4) is 0 Å². The highest BCUT2D eigenvalue weighted by Crippen LogP contribution is 2.33. The summed E-state index contributed by atoms with van der Waals surface area (Å²) in [5, 5.41) is 11.5. The van der Waals surface area contributed by atoms with E-state index in [0.717, 1.165) is 23.8 Å². The molecule has 108 valence electrons. The first-order chi connectivity index (χ1) is 9.61. The highest BCUT2D eigenvalue weighted by Gasteiger charge is 2.35. The summed E-state index contributed by atoms with van der Waals surface area (Å²) in [6, 6.07) is 1.96. The van der Waals surface area contributed by atoms with Crippen molar-refractivity contribution >= 4 is 11.5 Å². The number of aromatic nitrogens is 4. The van der Waals surface area contributed by atoms with Crippen molar-refractivity contribution in [2.75, 3.05) is 26.0 Å². The average molecular weight is 274 g/mol. The molecule has 0 amide bonds. The Morgan fingerprint density at radius 3 is 2.80 bits per heavy atom. The minimum Gasteiger partial charge on any atom is -0.368 e. The molecule has 0 aromatic carbocycles. The van der Waals surface area contributed by atoms with Crippen LogP contribution in [0, 0.1) is 6.92 Å². The lowest BCUT2D eigenvalue weighted by molar-refractivity contribution is 0.172. The number of rotatable bonds is 4. The van der Waals surface area contributed by atoms with E-state index in [1.807, 2.05) is 17.4 Å². The van der Waals surface area contributed by atoms with E-state index < -0.39 is 0 Å². The van der Waals surface area contributed by atoms with E-state index in [2.05, 4.69) is 39.5 Å². The van der Waals surface area contributed by atoms with Crippen LogP contribution in [0.5, 0.6) is 0 Å². The van der Waals surface area contributed by atoms with Gasteiger partial charge in [0, 0.05) is 18.2 Å². The zero-order valence-electron chi connectivity index (χ0n) is 12.4. The molecule has 1 aliphatic carbocycles. The Bertz CT molecular complexity index is 597. The Morgan fingerprint density at radius 2 is 2.10 bits per heavy atom. The SMILES string of the molecule is Cc1nc(NCC2(N(C)C)CCCC2)cc2nncn12. The van der Waals surface area contributed by atoms with E-state index in [0.29, 0.717) is 0 Å². The van der Waals surface area contributed by atoms with E-state index in [1.54, 1.807) is 6.33 Å². The molecule has 0 aliphatic heterocycles. The predicted octanol–water partition coefficient (Wildman–Crippen LogP) is 1.72. The molecule has 1 fully saturated rings. The number of fused-ring (bicyclic) bond motifs is 1. The Labute approximate surface area is 119 Å². The van der Waals surface area contributed by atoms with Gasteiger partial charge in [-0.2, -0.15) is 0 Å². The molecule has 1 aliphatic rings. The molecule has 2 aromatic heterocycles. The first kappa shape index (κ1) is 13.3. The van der Waals surface area contributed by atoms with Crippen molar-refractivity contribution in [1.82, 2.24) is 24.5 Å². The molecular formula is C14H22N6. The quantitative estimate of drug-likeness (QED) is 0.920. The highest BCUT2D eigenvalue weighted by molar-refractivity contribution is 5.49. The predicted molar refractivity (Wildman–Crippen MR) is 78.9 cm³/mol. The van der Waals surface area contributed by atoms with Crippen molar-refractivity contribution in [3.63, 3.8) is 0 Å². The monoisotopic (exact) mass is 274 g/mol. The van der Waals surface area contributed by atoms with Crippen LogP contribution < -0.4 is 5.32 Å². The van der Waals surface area contributed by atoms with Crippen molar-refractivity contribution in [2.24, 2.45) is 0 Å². The maximum atomic E-state index is 4.58. The summed E-state index contributed by atoms with van der Waals surface area (Å²) in [6.45, 7) is 2.90. The maximum Gasteiger partial charge on any atom is 0.165 e. The molecule has 0 unspecified atom stereocenters. The molecule has 6 nitrogen and oxygen atoms in total. The molecule has 1 N–H and O–H groups in total. The van der Waals surface area contributed by atoms with Crippen molar-refractivity contribution in [1.29, 1.82) is 0 Å². The number of anilines is 1. The fourth-order valence-electron chi connectivity index (χ4n) is 3.14. The molecule has 0 radical (unpaired) electrons. The van der Waals surface area contributed by atoms with Crippen molar-refractivity contribution < 1.29 is 0 Å². The van der Waals surface area contributed by atoms with Crippen LogP contribution in [0.25, 0.3) is 5.65 Å². The van der Waals surface area contributed by atoms with Crippen molar-refractivity contribution in [3.05, 3.63) is 18.2 Å². The Morgan fingerprint density at radius 1 is 1.35 bits per heavy atom. The second-order valence-electron chi connectivity index (χ2n) is 5.93. The summed E-state index contributed by atoms with van der Waals surface area (Å²) in [7, 11) is 4.35. The number of nitrogens with zero attached hydrogens (tertiary/aromatic N) is 5. The first-order valence-corrected chi connectivity index (χ1v) is 7.19. The topological polar surface area (TPSA) is 58.4 Å². The lowest BCUT2D eigenvalue weighted by Gasteiger charge is -2.36. The number of likely N-dealkylation sites (N-methyl/N-ethyl adjacent to an activating group) is 1. The second kappa shape index (κ2) is 5.01. The van der Waals surface area contributed by atoms with Crippen LogP contribution in [0.2, 0.25) is 0 Å². The third-order valence-corrected chi connectivity index (χ3v) is 4.55. The van der Waals surface area contributed by atoms with Crippen LogP contribution in [-0.4, -0.2) is 50.7 Å². The normalized spacial score (nSPS) is 18.0. The molecule has 0 atom stereocenters. The summed E-state index contributed by atoms with van der Waals surface area (Å²) in [6.07, 6.45) is 6.82. The minimum absolute atomic E-state index is 0.259. The van der Waals surface area contributed by atoms with E-state index >= 15 is 0 Å². The van der Waals surface area contributed by atoms with E-state index in [1.165, 1.54) is 25.7 Å². The molecule has 2 aromatic rings. The Hall–Kier alpha value is -1.69. The van der Waals surface area contributed by atoms with Gasteiger partial charge in [0.2, 0.25) is 0 Å². The largest absolute Gasteiger partial charge is 0.368 e. The number of hydrogen-bond donors (Lipinski definition) is 1. The van der Waals surface area contributed by atoms with Gasteiger partial charge in [-0.25, -0.2) is 4.98 Å². The van der Waals surface area contributed by atoms with Crippen LogP contribution in [-0.2, 0) is 0 Å². The fraction of sp³-hybridized carbons (Fsp3) is 0.643. The van der Waals surface area contributed by atoms with Crippen molar-refractivity contribution in [2.45, 2.75) is 38.1 Å². The molecular weight excluding hydrogens is 252 g/mol. The van der Waals surface area contributed by atoms with Crippen LogP contribution in [0.3, 0.4) is 0 Å². The van der Waals surface area contributed by atoms with Gasteiger partial charge in [-0.3, -0.25) is 4.40 Å². The molecule has 1 saturated carbocycles. The van der Waals surface area contributed by atoms with Crippen LogP contribution in [0.1, 0.15) is 31.5 Å². The summed E-state index contributed by atoms with van der Waals surface area (Å²) in [5.74, 6) is 1.79. The lowest BCUT2D eigenvalue weighted by Crippen LogP contribution is -2.47. The van der Waals surface area contributed by atoms with Gasteiger partial charge in [-0.15, -0.1) is 10.2 Å². The highest BCUT2D eigenvalue weighted by atomic mass is 15.3. The third-order valence-electron chi connectivity index (χ3n) is 4.55. The molecule has 0 spiro atoms. The van der Waals surface area contributed by atoms with Gasteiger partial charge in [0.1, 0.15) is 18.0 Å². The standard InChI is InChI=1S/C14H22N6/c1-11-17-12(8-13-18-16-10-20(11)13)15-9-14(19(2)3)6-4-5-7-14/h8,10,15H,4-7,9H2,1-3H3. The smallest absolute Gasteiger partial charge is 0.165 e. The number of nitrogens with one attached hydrogen (secondary N) is 1. The molecule has 6 heteroatoms. The summed E-state index contributed by atoms with van der Waals surface area (Å²) >= 11 is 0. The third kappa shape index (κ3) is 2.24. The second-order valence-corrected chi connectivity index (χ2v) is 5.93. The lowest BCUT2D eigenvalue weighted by atomic mass is 9.96. The van der Waals surface area contributed by atoms with Gasteiger partial charge in [-0.1, -0.05) is 12.8 Å². The summed E-state index contributed by atoms with van der Waals surface area (Å²) < 4.78 is 1.89.